The van der Waals surface area contributed by atoms with E-state index in [9.17, 15) is 4.79 Å². The Morgan fingerprint density at radius 1 is 1.56 bits per heavy atom. The minimum atomic E-state index is 0.378. The van der Waals surface area contributed by atoms with Gasteiger partial charge in [-0.3, -0.25) is 4.79 Å². The molecule has 2 atom stereocenters. The highest BCUT2D eigenvalue weighted by Crippen LogP contribution is 2.27. The minimum Gasteiger partial charge on any atom is -0.295 e. The Bertz CT molecular complexity index is 305. The molecule has 90 valence electrons. The van der Waals surface area contributed by atoms with Crippen molar-refractivity contribution in [2.45, 2.75) is 53.4 Å². The SMILES string of the molecule is CC(C)=CCC[C@@H](C)C1=CCC(C)CC1=O. The van der Waals surface area contributed by atoms with Crippen LogP contribution in [0.15, 0.2) is 23.3 Å². The van der Waals surface area contributed by atoms with Crippen LogP contribution in [-0.4, -0.2) is 5.78 Å². The maximum absolute atomic E-state index is 11.9. The summed E-state index contributed by atoms with van der Waals surface area (Å²) in [4.78, 5) is 11.9. The molecule has 0 heterocycles. The average molecular weight is 220 g/mol. The number of carbonyl (C=O) groups excluding carboxylic acids is 1. The lowest BCUT2D eigenvalue weighted by atomic mass is 9.82. The topological polar surface area (TPSA) is 17.1 Å². The van der Waals surface area contributed by atoms with Gasteiger partial charge >= 0.3 is 0 Å². The van der Waals surface area contributed by atoms with Crippen molar-refractivity contribution in [2.75, 3.05) is 0 Å². The third-order valence-corrected chi connectivity index (χ3v) is 3.28. The van der Waals surface area contributed by atoms with Gasteiger partial charge in [-0.25, -0.2) is 0 Å². The molecule has 0 amide bonds. The highest BCUT2D eigenvalue weighted by molar-refractivity contribution is 5.96. The third kappa shape index (κ3) is 3.96. The Morgan fingerprint density at radius 2 is 2.25 bits per heavy atom. The van der Waals surface area contributed by atoms with Gasteiger partial charge in [0.25, 0.3) is 0 Å². The third-order valence-electron chi connectivity index (χ3n) is 3.28. The molecule has 0 radical (unpaired) electrons. The van der Waals surface area contributed by atoms with Crippen LogP contribution in [0.25, 0.3) is 0 Å². The van der Waals surface area contributed by atoms with Gasteiger partial charge in [-0.2, -0.15) is 0 Å². The van der Waals surface area contributed by atoms with Crippen molar-refractivity contribution in [2.24, 2.45) is 11.8 Å². The number of hydrogen-bond acceptors (Lipinski definition) is 1. The summed E-state index contributed by atoms with van der Waals surface area (Å²) in [6, 6.07) is 0. The Morgan fingerprint density at radius 3 is 2.81 bits per heavy atom. The standard InChI is InChI=1S/C15H24O/c1-11(2)6-5-7-13(4)14-9-8-12(3)10-15(14)16/h6,9,12-13H,5,7-8,10H2,1-4H3/t12?,13-/m1/s1. The largest absolute Gasteiger partial charge is 0.295 e. The highest BCUT2D eigenvalue weighted by Gasteiger charge is 2.22. The predicted octanol–water partition coefficient (Wildman–Crippen LogP) is 4.29. The summed E-state index contributed by atoms with van der Waals surface area (Å²) in [7, 11) is 0. The summed E-state index contributed by atoms with van der Waals surface area (Å²) in [5, 5.41) is 0. The van der Waals surface area contributed by atoms with E-state index in [4.69, 9.17) is 0 Å². The van der Waals surface area contributed by atoms with Crippen molar-refractivity contribution in [1.82, 2.24) is 0 Å². The molecule has 1 aliphatic carbocycles. The highest BCUT2D eigenvalue weighted by atomic mass is 16.1. The maximum Gasteiger partial charge on any atom is 0.159 e. The van der Waals surface area contributed by atoms with Crippen molar-refractivity contribution in [1.29, 1.82) is 0 Å². The quantitative estimate of drug-likeness (QED) is 0.646. The molecule has 1 rings (SSSR count). The summed E-state index contributed by atoms with van der Waals surface area (Å²) in [6.07, 6.45) is 8.43. The summed E-state index contributed by atoms with van der Waals surface area (Å²) < 4.78 is 0. The van der Waals surface area contributed by atoms with Crippen molar-refractivity contribution in [3.63, 3.8) is 0 Å². The first-order valence-corrected chi connectivity index (χ1v) is 6.37. The van der Waals surface area contributed by atoms with Crippen LogP contribution in [0.3, 0.4) is 0 Å². The smallest absolute Gasteiger partial charge is 0.159 e. The Kier molecular flexibility index (Phi) is 4.98. The van der Waals surface area contributed by atoms with E-state index in [-0.39, 0.29) is 0 Å². The first-order valence-electron chi connectivity index (χ1n) is 6.37. The molecule has 0 aromatic rings. The summed E-state index contributed by atoms with van der Waals surface area (Å²) in [5.74, 6) is 1.35. The Hall–Kier alpha value is -0.850. The molecule has 0 spiro atoms. The first-order chi connectivity index (χ1) is 7.50. The van der Waals surface area contributed by atoms with E-state index < -0.39 is 0 Å². The van der Waals surface area contributed by atoms with Crippen LogP contribution in [0, 0.1) is 11.8 Å². The molecule has 1 nitrogen and oxygen atoms in total. The number of rotatable bonds is 4. The molecular formula is C15H24O. The molecule has 16 heavy (non-hydrogen) atoms. The maximum atomic E-state index is 11.9. The number of Topliss-reactive ketones (excluding diaryl/α,β-unsaturated/α-hetero) is 1. The fourth-order valence-corrected chi connectivity index (χ4v) is 2.21. The lowest BCUT2D eigenvalue weighted by molar-refractivity contribution is -0.117. The van der Waals surface area contributed by atoms with E-state index >= 15 is 0 Å². The van der Waals surface area contributed by atoms with Gasteiger partial charge in [0.05, 0.1) is 0 Å². The minimum absolute atomic E-state index is 0.378. The number of allylic oxidation sites excluding steroid dienone is 4. The Balaban J connectivity index is 2.50. The molecule has 1 aliphatic rings. The van der Waals surface area contributed by atoms with Gasteiger partial charge < -0.3 is 0 Å². The lowest BCUT2D eigenvalue weighted by Gasteiger charge is -2.21. The monoisotopic (exact) mass is 220 g/mol. The zero-order valence-corrected chi connectivity index (χ0v) is 11.0. The van der Waals surface area contributed by atoms with Crippen molar-refractivity contribution >= 4 is 5.78 Å². The van der Waals surface area contributed by atoms with E-state index in [1.54, 1.807) is 0 Å². The number of hydrogen-bond donors (Lipinski definition) is 0. The van der Waals surface area contributed by atoms with Gasteiger partial charge in [0.15, 0.2) is 5.78 Å². The van der Waals surface area contributed by atoms with Gasteiger partial charge in [-0.05, 0) is 50.5 Å². The van der Waals surface area contributed by atoms with E-state index in [2.05, 4.69) is 39.8 Å². The van der Waals surface area contributed by atoms with E-state index in [1.165, 1.54) is 5.57 Å². The second kappa shape index (κ2) is 6.03. The zero-order valence-electron chi connectivity index (χ0n) is 11.0. The van der Waals surface area contributed by atoms with Gasteiger partial charge in [-0.1, -0.05) is 31.6 Å². The fourth-order valence-electron chi connectivity index (χ4n) is 2.21. The molecule has 1 unspecified atom stereocenters. The zero-order chi connectivity index (χ0) is 12.1. The van der Waals surface area contributed by atoms with Crippen LogP contribution < -0.4 is 0 Å². The molecule has 1 heteroatoms. The van der Waals surface area contributed by atoms with Crippen LogP contribution >= 0.6 is 0 Å². The van der Waals surface area contributed by atoms with Gasteiger partial charge in [0.1, 0.15) is 0 Å². The predicted molar refractivity (Wildman–Crippen MR) is 69.3 cm³/mol. The normalized spacial score (nSPS) is 22.6. The number of ketones is 1. The van der Waals surface area contributed by atoms with Gasteiger partial charge in [-0.15, -0.1) is 0 Å². The molecule has 0 aromatic carbocycles. The van der Waals surface area contributed by atoms with Crippen LogP contribution in [-0.2, 0) is 4.79 Å². The summed E-state index contributed by atoms with van der Waals surface area (Å²) in [6.45, 7) is 8.58. The van der Waals surface area contributed by atoms with E-state index in [0.717, 1.165) is 31.3 Å². The number of carbonyl (C=O) groups is 1. The second-order valence-electron chi connectivity index (χ2n) is 5.39. The lowest BCUT2D eigenvalue weighted by Crippen LogP contribution is -2.18. The molecule has 0 aromatic heterocycles. The Labute approximate surface area is 99.6 Å². The first kappa shape index (κ1) is 13.2. The van der Waals surface area contributed by atoms with Gasteiger partial charge in [0.2, 0.25) is 0 Å². The van der Waals surface area contributed by atoms with Crippen molar-refractivity contribution in [3.8, 4) is 0 Å². The van der Waals surface area contributed by atoms with E-state index in [0.29, 0.717) is 17.6 Å². The average Bonchev–Trinajstić information content (AvgIpc) is 2.16. The molecular weight excluding hydrogens is 196 g/mol. The second-order valence-corrected chi connectivity index (χ2v) is 5.39. The van der Waals surface area contributed by atoms with Crippen LogP contribution in [0.5, 0.6) is 0 Å². The van der Waals surface area contributed by atoms with Crippen LogP contribution in [0.1, 0.15) is 53.4 Å². The molecule has 0 saturated heterocycles. The van der Waals surface area contributed by atoms with E-state index in [1.807, 2.05) is 0 Å². The van der Waals surface area contributed by atoms with Crippen LogP contribution in [0.4, 0.5) is 0 Å². The molecule has 0 fully saturated rings. The fraction of sp³-hybridized carbons (Fsp3) is 0.667. The molecule has 0 saturated carbocycles. The molecule has 0 bridgehead atoms. The molecule has 0 N–H and O–H groups in total. The summed E-state index contributed by atoms with van der Waals surface area (Å²) >= 11 is 0. The summed E-state index contributed by atoms with van der Waals surface area (Å²) in [5.41, 5.74) is 2.45. The van der Waals surface area contributed by atoms with Crippen molar-refractivity contribution in [3.05, 3.63) is 23.3 Å². The van der Waals surface area contributed by atoms with Crippen LogP contribution in [0.2, 0.25) is 0 Å². The van der Waals surface area contributed by atoms with Crippen molar-refractivity contribution < 1.29 is 4.79 Å². The molecule has 0 aliphatic heterocycles. The van der Waals surface area contributed by atoms with Gasteiger partial charge in [0, 0.05) is 6.42 Å².